The molecule has 0 fully saturated rings. The first-order chi connectivity index (χ1) is 7.65. The van der Waals surface area contributed by atoms with E-state index in [9.17, 15) is 10.1 Å². The Balaban J connectivity index is 2.14. The van der Waals surface area contributed by atoms with Gasteiger partial charge in [-0.05, 0) is 31.2 Å². The van der Waals surface area contributed by atoms with Gasteiger partial charge < -0.3 is 4.74 Å². The number of nitro benzene ring substituents is 1. The van der Waals surface area contributed by atoms with E-state index < -0.39 is 4.92 Å². The molecule has 0 atom stereocenters. The van der Waals surface area contributed by atoms with E-state index in [1.807, 2.05) is 19.1 Å². The Labute approximate surface area is 96.3 Å². The zero-order chi connectivity index (χ0) is 11.5. The maximum atomic E-state index is 10.4. The first-order valence-corrected chi connectivity index (χ1v) is 5.45. The van der Waals surface area contributed by atoms with Crippen LogP contribution in [0.4, 0.5) is 5.69 Å². The Kier molecular flexibility index (Phi) is 2.87. The predicted octanol–water partition coefficient (Wildman–Crippen LogP) is 3.76. The van der Waals surface area contributed by atoms with Crippen LogP contribution in [0.25, 0.3) is 0 Å². The molecule has 2 rings (SSSR count). The molecule has 5 heteroatoms. The number of aryl methyl sites for hydroxylation is 1. The molecule has 0 N–H and O–H groups in total. The number of non-ortho nitro benzene ring substituents is 1. The molecular formula is C11H9NO3S. The van der Waals surface area contributed by atoms with Crippen molar-refractivity contribution in [2.75, 3.05) is 0 Å². The summed E-state index contributed by atoms with van der Waals surface area (Å²) in [7, 11) is 0. The highest BCUT2D eigenvalue weighted by Crippen LogP contribution is 2.29. The lowest BCUT2D eigenvalue weighted by Crippen LogP contribution is -1.87. The third-order valence-corrected chi connectivity index (χ3v) is 2.86. The third-order valence-electron chi connectivity index (χ3n) is 1.98. The summed E-state index contributed by atoms with van der Waals surface area (Å²) in [5, 5.41) is 11.2. The van der Waals surface area contributed by atoms with Gasteiger partial charge in [0.25, 0.3) is 5.69 Å². The highest BCUT2D eigenvalue weighted by atomic mass is 32.1. The van der Waals surface area contributed by atoms with Crippen molar-refractivity contribution in [2.24, 2.45) is 0 Å². The van der Waals surface area contributed by atoms with Crippen LogP contribution < -0.4 is 4.74 Å². The molecule has 0 aliphatic carbocycles. The van der Waals surface area contributed by atoms with Gasteiger partial charge in [0.15, 0.2) is 5.06 Å². The molecular weight excluding hydrogens is 226 g/mol. The fraction of sp³-hybridized carbons (Fsp3) is 0.0909. The topological polar surface area (TPSA) is 52.4 Å². The van der Waals surface area contributed by atoms with Gasteiger partial charge in [-0.3, -0.25) is 10.1 Å². The van der Waals surface area contributed by atoms with Gasteiger partial charge in [-0.15, -0.1) is 11.3 Å². The lowest BCUT2D eigenvalue weighted by Gasteiger charge is -2.01. The lowest BCUT2D eigenvalue weighted by molar-refractivity contribution is -0.384. The van der Waals surface area contributed by atoms with Gasteiger partial charge in [0, 0.05) is 17.0 Å². The summed E-state index contributed by atoms with van der Waals surface area (Å²) < 4.78 is 5.53. The normalized spacial score (nSPS) is 10.1. The van der Waals surface area contributed by atoms with Crippen molar-refractivity contribution in [2.45, 2.75) is 6.92 Å². The molecule has 4 nitrogen and oxygen atoms in total. The number of benzene rings is 1. The van der Waals surface area contributed by atoms with Gasteiger partial charge >= 0.3 is 0 Å². The second-order valence-electron chi connectivity index (χ2n) is 3.22. The number of thiophene rings is 1. The Hall–Kier alpha value is -1.88. The van der Waals surface area contributed by atoms with Crippen LogP contribution >= 0.6 is 11.3 Å². The summed E-state index contributed by atoms with van der Waals surface area (Å²) in [6, 6.07) is 9.87. The van der Waals surface area contributed by atoms with Crippen LogP contribution in [-0.4, -0.2) is 4.92 Å². The van der Waals surface area contributed by atoms with Gasteiger partial charge in [0.05, 0.1) is 4.92 Å². The van der Waals surface area contributed by atoms with E-state index in [1.54, 1.807) is 12.1 Å². The van der Waals surface area contributed by atoms with Crippen molar-refractivity contribution in [3.63, 3.8) is 0 Å². The summed E-state index contributed by atoms with van der Waals surface area (Å²) in [6.07, 6.45) is 0. The molecule has 0 aliphatic rings. The average Bonchev–Trinajstić information content (AvgIpc) is 2.65. The van der Waals surface area contributed by atoms with Crippen LogP contribution in [0.15, 0.2) is 36.4 Å². The number of ether oxygens (including phenoxy) is 1. The highest BCUT2D eigenvalue weighted by Gasteiger charge is 2.05. The second-order valence-corrected chi connectivity index (χ2v) is 4.47. The minimum Gasteiger partial charge on any atom is -0.447 e. The van der Waals surface area contributed by atoms with E-state index in [-0.39, 0.29) is 5.69 Å². The van der Waals surface area contributed by atoms with Gasteiger partial charge in [-0.1, -0.05) is 0 Å². The molecule has 0 radical (unpaired) electrons. The van der Waals surface area contributed by atoms with E-state index in [2.05, 4.69) is 0 Å². The van der Waals surface area contributed by atoms with Crippen LogP contribution in [0.2, 0.25) is 0 Å². The summed E-state index contributed by atoms with van der Waals surface area (Å²) in [4.78, 5) is 11.2. The van der Waals surface area contributed by atoms with E-state index in [4.69, 9.17) is 4.74 Å². The maximum absolute atomic E-state index is 10.4. The zero-order valence-electron chi connectivity index (χ0n) is 8.54. The van der Waals surface area contributed by atoms with E-state index >= 15 is 0 Å². The first kappa shape index (κ1) is 10.6. The fourth-order valence-corrected chi connectivity index (χ4v) is 1.95. The molecule has 1 aromatic heterocycles. The minimum absolute atomic E-state index is 0.0645. The molecule has 0 aliphatic heterocycles. The predicted molar refractivity (Wildman–Crippen MR) is 62.2 cm³/mol. The van der Waals surface area contributed by atoms with Gasteiger partial charge in [-0.25, -0.2) is 0 Å². The molecule has 1 heterocycles. The molecule has 0 amide bonds. The quantitative estimate of drug-likeness (QED) is 0.601. The number of hydrogen-bond donors (Lipinski definition) is 0. The van der Waals surface area contributed by atoms with Gasteiger partial charge in [-0.2, -0.15) is 0 Å². The second kappa shape index (κ2) is 4.32. The van der Waals surface area contributed by atoms with Crippen LogP contribution in [0.1, 0.15) is 4.88 Å². The SMILES string of the molecule is Cc1ccc(Oc2ccc([N+](=O)[O-])cc2)s1. The van der Waals surface area contributed by atoms with Crippen LogP contribution in [0.5, 0.6) is 10.8 Å². The van der Waals surface area contributed by atoms with E-state index in [0.29, 0.717) is 5.75 Å². The summed E-state index contributed by atoms with van der Waals surface area (Å²) in [5.74, 6) is 0.604. The number of hydrogen-bond acceptors (Lipinski definition) is 4. The fourth-order valence-electron chi connectivity index (χ4n) is 1.22. The monoisotopic (exact) mass is 235 g/mol. The van der Waals surface area contributed by atoms with Crippen molar-refractivity contribution in [3.05, 3.63) is 51.4 Å². The largest absolute Gasteiger partial charge is 0.447 e. The number of nitrogens with zero attached hydrogens (tertiary/aromatic N) is 1. The molecule has 82 valence electrons. The molecule has 0 unspecified atom stereocenters. The van der Waals surface area contributed by atoms with Crippen molar-refractivity contribution >= 4 is 17.0 Å². The first-order valence-electron chi connectivity index (χ1n) is 4.64. The third kappa shape index (κ3) is 2.38. The molecule has 0 saturated carbocycles. The Bertz CT molecular complexity index is 504. The van der Waals surface area contributed by atoms with Crippen molar-refractivity contribution < 1.29 is 9.66 Å². The lowest BCUT2D eigenvalue weighted by atomic mass is 10.3. The average molecular weight is 235 g/mol. The molecule has 2 aromatic rings. The van der Waals surface area contributed by atoms with Gasteiger partial charge in [0.2, 0.25) is 0 Å². The Morgan fingerprint density at radius 2 is 1.88 bits per heavy atom. The van der Waals surface area contributed by atoms with Crippen LogP contribution in [0.3, 0.4) is 0 Å². The van der Waals surface area contributed by atoms with E-state index in [1.165, 1.54) is 23.5 Å². The van der Waals surface area contributed by atoms with Crippen molar-refractivity contribution in [1.82, 2.24) is 0 Å². The maximum Gasteiger partial charge on any atom is 0.269 e. The van der Waals surface area contributed by atoms with Crippen LogP contribution in [0, 0.1) is 17.0 Å². The summed E-state index contributed by atoms with van der Waals surface area (Å²) in [5.41, 5.74) is 0.0645. The zero-order valence-corrected chi connectivity index (χ0v) is 9.36. The number of nitro groups is 1. The standard InChI is InChI=1S/C11H9NO3S/c1-8-2-7-11(16-8)15-10-5-3-9(4-6-10)12(13)14/h2-7H,1H3. The van der Waals surface area contributed by atoms with E-state index in [0.717, 1.165) is 9.94 Å². The summed E-state index contributed by atoms with van der Waals surface area (Å²) in [6.45, 7) is 1.99. The molecule has 0 spiro atoms. The summed E-state index contributed by atoms with van der Waals surface area (Å²) >= 11 is 1.54. The molecule has 0 saturated heterocycles. The minimum atomic E-state index is -0.431. The molecule has 16 heavy (non-hydrogen) atoms. The number of rotatable bonds is 3. The smallest absolute Gasteiger partial charge is 0.269 e. The van der Waals surface area contributed by atoms with Gasteiger partial charge in [0.1, 0.15) is 5.75 Å². The van der Waals surface area contributed by atoms with Crippen LogP contribution in [-0.2, 0) is 0 Å². The van der Waals surface area contributed by atoms with Crippen molar-refractivity contribution in [3.8, 4) is 10.8 Å². The Morgan fingerprint density at radius 1 is 1.19 bits per heavy atom. The molecule has 1 aromatic carbocycles. The highest BCUT2D eigenvalue weighted by molar-refractivity contribution is 7.13. The van der Waals surface area contributed by atoms with Crippen molar-refractivity contribution in [1.29, 1.82) is 0 Å². The Morgan fingerprint density at radius 3 is 2.38 bits per heavy atom. The molecule has 0 bridgehead atoms.